The Hall–Kier alpha value is -0.900. The minimum atomic E-state index is -0.386. The molecule has 4 nitrogen and oxygen atoms in total. The number of aliphatic hydroxyl groups is 1. The fourth-order valence-corrected chi connectivity index (χ4v) is 3.09. The van der Waals surface area contributed by atoms with Gasteiger partial charge in [-0.2, -0.15) is 0 Å². The summed E-state index contributed by atoms with van der Waals surface area (Å²) in [6.45, 7) is 6.10. The zero-order valence-corrected chi connectivity index (χ0v) is 15.2. The van der Waals surface area contributed by atoms with Crippen LogP contribution in [-0.4, -0.2) is 47.9 Å². The molecule has 2 atom stereocenters. The summed E-state index contributed by atoms with van der Waals surface area (Å²) in [7, 11) is 0. The van der Waals surface area contributed by atoms with Gasteiger partial charge in [-0.1, -0.05) is 58.3 Å². The SMILES string of the molecule is CCCCCCCCCCC(O)CN1CCCN=CC(C)C1=O. The van der Waals surface area contributed by atoms with Crippen LogP contribution in [0.1, 0.15) is 78.1 Å². The van der Waals surface area contributed by atoms with Crippen molar-refractivity contribution in [3.8, 4) is 0 Å². The van der Waals surface area contributed by atoms with Gasteiger partial charge in [-0.15, -0.1) is 0 Å². The van der Waals surface area contributed by atoms with Gasteiger partial charge in [-0.05, 0) is 19.8 Å². The van der Waals surface area contributed by atoms with Crippen LogP contribution in [0.25, 0.3) is 0 Å². The Morgan fingerprint density at radius 1 is 1.22 bits per heavy atom. The van der Waals surface area contributed by atoms with Gasteiger partial charge in [0.2, 0.25) is 5.91 Å². The maximum absolute atomic E-state index is 12.3. The van der Waals surface area contributed by atoms with E-state index in [-0.39, 0.29) is 17.9 Å². The van der Waals surface area contributed by atoms with E-state index in [0.717, 1.165) is 32.4 Å². The Kier molecular flexibility index (Phi) is 11.0. The minimum Gasteiger partial charge on any atom is -0.391 e. The van der Waals surface area contributed by atoms with Gasteiger partial charge in [0.25, 0.3) is 0 Å². The van der Waals surface area contributed by atoms with Crippen LogP contribution in [0.5, 0.6) is 0 Å². The molecule has 23 heavy (non-hydrogen) atoms. The number of amides is 1. The number of hydrogen-bond donors (Lipinski definition) is 1. The summed E-state index contributed by atoms with van der Waals surface area (Å²) in [5.74, 6) is -0.0611. The van der Waals surface area contributed by atoms with E-state index in [1.54, 1.807) is 6.21 Å². The van der Waals surface area contributed by atoms with Gasteiger partial charge in [0.15, 0.2) is 0 Å². The van der Waals surface area contributed by atoms with Crippen molar-refractivity contribution < 1.29 is 9.90 Å². The molecule has 0 aromatic rings. The molecule has 1 aliphatic rings. The first-order chi connectivity index (χ1) is 11.1. The second kappa shape index (κ2) is 12.5. The van der Waals surface area contributed by atoms with Crippen LogP contribution >= 0.6 is 0 Å². The minimum absolute atomic E-state index is 0.100. The van der Waals surface area contributed by atoms with Crippen molar-refractivity contribution in [1.29, 1.82) is 0 Å². The largest absolute Gasteiger partial charge is 0.391 e. The molecule has 0 aromatic carbocycles. The fraction of sp³-hybridized carbons (Fsp3) is 0.895. The first kappa shape index (κ1) is 20.1. The molecule has 0 saturated carbocycles. The molecule has 4 heteroatoms. The summed E-state index contributed by atoms with van der Waals surface area (Å²) in [6, 6.07) is 0. The van der Waals surface area contributed by atoms with Gasteiger partial charge >= 0.3 is 0 Å². The molecule has 2 unspecified atom stereocenters. The normalized spacial score (nSPS) is 20.4. The number of rotatable bonds is 11. The molecular weight excluding hydrogens is 288 g/mol. The lowest BCUT2D eigenvalue weighted by atomic mass is 10.0. The Morgan fingerprint density at radius 3 is 2.57 bits per heavy atom. The molecule has 1 heterocycles. The molecule has 1 rings (SSSR count). The van der Waals surface area contributed by atoms with Crippen LogP contribution in [0.4, 0.5) is 0 Å². The van der Waals surface area contributed by atoms with Crippen LogP contribution in [0.2, 0.25) is 0 Å². The first-order valence-electron chi connectivity index (χ1n) is 9.62. The molecule has 0 radical (unpaired) electrons. The van der Waals surface area contributed by atoms with Crippen LogP contribution in [0.15, 0.2) is 4.99 Å². The monoisotopic (exact) mass is 324 g/mol. The second-order valence-electron chi connectivity index (χ2n) is 6.90. The summed E-state index contributed by atoms with van der Waals surface area (Å²) in [6.07, 6.45) is 13.3. The van der Waals surface area contributed by atoms with E-state index in [1.807, 2.05) is 11.8 Å². The van der Waals surface area contributed by atoms with Crippen LogP contribution < -0.4 is 0 Å². The van der Waals surface area contributed by atoms with E-state index < -0.39 is 0 Å². The quantitative estimate of drug-likeness (QED) is 0.587. The Balaban J connectivity index is 2.13. The third kappa shape index (κ3) is 9.09. The number of hydrogen-bond acceptors (Lipinski definition) is 3. The van der Waals surface area contributed by atoms with Crippen LogP contribution in [0, 0.1) is 5.92 Å². The molecule has 1 aliphatic heterocycles. The Bertz CT molecular complexity index is 344. The molecular formula is C19H36N2O2. The van der Waals surface area contributed by atoms with E-state index >= 15 is 0 Å². The summed E-state index contributed by atoms with van der Waals surface area (Å²) < 4.78 is 0. The lowest BCUT2D eigenvalue weighted by Crippen LogP contribution is -2.42. The molecule has 0 fully saturated rings. The average molecular weight is 325 g/mol. The number of unbranched alkanes of at least 4 members (excludes halogenated alkanes) is 7. The summed E-state index contributed by atoms with van der Waals surface area (Å²) in [5.41, 5.74) is 0. The summed E-state index contributed by atoms with van der Waals surface area (Å²) in [5, 5.41) is 10.2. The number of aliphatic imine (C=N–C) groups is 1. The van der Waals surface area contributed by atoms with Crippen molar-refractivity contribution in [2.24, 2.45) is 10.9 Å². The maximum Gasteiger partial charge on any atom is 0.230 e. The van der Waals surface area contributed by atoms with Crippen molar-refractivity contribution in [3.05, 3.63) is 0 Å². The molecule has 134 valence electrons. The standard InChI is InChI=1S/C19H36N2O2/c1-3-4-5-6-7-8-9-10-12-18(22)16-21-14-11-13-20-15-17(2)19(21)23/h15,17-18,22H,3-14,16H2,1-2H3. The number of carbonyl (C=O) groups is 1. The van der Waals surface area contributed by atoms with Crippen molar-refractivity contribution in [3.63, 3.8) is 0 Å². The molecule has 0 aromatic heterocycles. The van der Waals surface area contributed by atoms with E-state index in [1.165, 1.54) is 44.9 Å². The second-order valence-corrected chi connectivity index (χ2v) is 6.90. The zero-order chi connectivity index (χ0) is 16.9. The highest BCUT2D eigenvalue weighted by atomic mass is 16.3. The summed E-state index contributed by atoms with van der Waals surface area (Å²) >= 11 is 0. The van der Waals surface area contributed by atoms with Crippen molar-refractivity contribution in [2.45, 2.75) is 84.2 Å². The highest BCUT2D eigenvalue weighted by Crippen LogP contribution is 2.12. The van der Waals surface area contributed by atoms with Gasteiger partial charge in [0.1, 0.15) is 0 Å². The topological polar surface area (TPSA) is 52.9 Å². The third-order valence-electron chi connectivity index (χ3n) is 4.57. The van der Waals surface area contributed by atoms with E-state index in [2.05, 4.69) is 11.9 Å². The van der Waals surface area contributed by atoms with Crippen molar-refractivity contribution in [2.75, 3.05) is 19.6 Å². The smallest absolute Gasteiger partial charge is 0.230 e. The first-order valence-corrected chi connectivity index (χ1v) is 9.62. The van der Waals surface area contributed by atoms with E-state index in [4.69, 9.17) is 0 Å². The van der Waals surface area contributed by atoms with Crippen LogP contribution in [-0.2, 0) is 4.79 Å². The highest BCUT2D eigenvalue weighted by Gasteiger charge is 2.22. The van der Waals surface area contributed by atoms with Gasteiger partial charge in [0.05, 0.1) is 12.0 Å². The molecule has 1 N–H and O–H groups in total. The predicted molar refractivity (Wildman–Crippen MR) is 97.0 cm³/mol. The molecule has 0 bridgehead atoms. The summed E-state index contributed by atoms with van der Waals surface area (Å²) in [4.78, 5) is 18.3. The Labute approximate surface area is 142 Å². The number of β-amino-alcohol motifs (C(OH)–C–C–N with tert-alkyl or cyclic N) is 1. The van der Waals surface area contributed by atoms with Gasteiger partial charge in [-0.3, -0.25) is 9.79 Å². The van der Waals surface area contributed by atoms with Crippen molar-refractivity contribution >= 4 is 12.1 Å². The average Bonchev–Trinajstić information content (AvgIpc) is 2.54. The maximum atomic E-state index is 12.3. The zero-order valence-electron chi connectivity index (χ0n) is 15.2. The molecule has 0 spiro atoms. The molecule has 0 aliphatic carbocycles. The number of nitrogens with zero attached hydrogens (tertiary/aromatic N) is 2. The predicted octanol–water partition coefficient (Wildman–Crippen LogP) is 3.82. The fourth-order valence-electron chi connectivity index (χ4n) is 3.09. The lowest BCUT2D eigenvalue weighted by molar-refractivity contribution is -0.134. The van der Waals surface area contributed by atoms with E-state index in [9.17, 15) is 9.90 Å². The van der Waals surface area contributed by atoms with Crippen LogP contribution in [0.3, 0.4) is 0 Å². The van der Waals surface area contributed by atoms with Gasteiger partial charge in [0, 0.05) is 25.8 Å². The number of carbonyl (C=O) groups excluding carboxylic acids is 1. The third-order valence-corrected chi connectivity index (χ3v) is 4.57. The lowest BCUT2D eigenvalue weighted by Gasteiger charge is -2.28. The molecule has 1 amide bonds. The molecule has 0 saturated heterocycles. The van der Waals surface area contributed by atoms with Gasteiger partial charge in [-0.25, -0.2) is 0 Å². The Morgan fingerprint density at radius 2 is 1.87 bits per heavy atom. The van der Waals surface area contributed by atoms with E-state index in [0.29, 0.717) is 6.54 Å². The van der Waals surface area contributed by atoms with Crippen molar-refractivity contribution in [1.82, 2.24) is 4.90 Å². The van der Waals surface area contributed by atoms with Gasteiger partial charge < -0.3 is 10.0 Å². The highest BCUT2D eigenvalue weighted by molar-refractivity contribution is 5.93. The number of aliphatic hydroxyl groups excluding tert-OH is 1.